The molecule has 0 unspecified atom stereocenters. The normalized spacial score (nSPS) is 31.8. The highest BCUT2D eigenvalue weighted by Crippen LogP contribution is 2.18. The third-order valence-electron chi connectivity index (χ3n) is 2.24. The van der Waals surface area contributed by atoms with E-state index in [4.69, 9.17) is 11.5 Å². The Balaban J connectivity index is 2.35. The van der Waals surface area contributed by atoms with E-state index in [-0.39, 0.29) is 5.92 Å². The van der Waals surface area contributed by atoms with Crippen molar-refractivity contribution in [3.8, 4) is 0 Å². The second-order valence-electron chi connectivity index (χ2n) is 3.19. The summed E-state index contributed by atoms with van der Waals surface area (Å²) >= 11 is 0. The van der Waals surface area contributed by atoms with Crippen molar-refractivity contribution >= 4 is 5.91 Å². The summed E-state index contributed by atoms with van der Waals surface area (Å²) in [6.45, 7) is 0.775. The predicted molar refractivity (Wildman–Crippen MR) is 43.9 cm³/mol. The largest absolute Gasteiger partial charge is 0.378 e. The van der Waals surface area contributed by atoms with E-state index in [0.29, 0.717) is 6.42 Å². The summed E-state index contributed by atoms with van der Waals surface area (Å²) in [5.74, 6) is -0.443. The van der Waals surface area contributed by atoms with Gasteiger partial charge in [0, 0.05) is 5.92 Å². The lowest BCUT2D eigenvalue weighted by atomic mass is 9.98. The summed E-state index contributed by atoms with van der Waals surface area (Å²) in [5.41, 5.74) is 10.4. The number of nitrogens with one attached hydrogen (secondary N) is 1. The average Bonchev–Trinajstić information content (AvgIpc) is 2.36. The number of primary amides is 1. The summed E-state index contributed by atoms with van der Waals surface area (Å²) in [6, 6.07) is -0.635. The molecular formula is C7H15N3O2. The van der Waals surface area contributed by atoms with Crippen LogP contribution in [0, 0.1) is 5.92 Å². The maximum Gasteiger partial charge on any atom is 0.234 e. The minimum Gasteiger partial charge on any atom is -0.378 e. The first kappa shape index (κ1) is 9.44. The first-order valence-corrected chi connectivity index (χ1v) is 4.07. The standard InChI is InChI=1S/C7H15N3O2/c8-5(6(9)11)3-4-1-2-10-7(4)12/h4-5,7,10,12H,1-3,8H2,(H2,9,11)/t4-,5-,7-/m0/s1. The summed E-state index contributed by atoms with van der Waals surface area (Å²) in [7, 11) is 0. The average molecular weight is 173 g/mol. The van der Waals surface area contributed by atoms with Gasteiger partial charge in [0.05, 0.1) is 6.04 Å². The molecule has 1 saturated heterocycles. The fourth-order valence-corrected chi connectivity index (χ4v) is 1.43. The van der Waals surface area contributed by atoms with Gasteiger partial charge < -0.3 is 16.6 Å². The molecule has 5 nitrogen and oxygen atoms in total. The molecule has 0 aromatic heterocycles. The molecule has 1 heterocycles. The van der Waals surface area contributed by atoms with Crippen molar-refractivity contribution < 1.29 is 9.90 Å². The molecule has 3 atom stereocenters. The Labute approximate surface area is 71.1 Å². The Kier molecular flexibility index (Phi) is 3.02. The van der Waals surface area contributed by atoms with Crippen LogP contribution in [-0.4, -0.2) is 29.8 Å². The molecule has 0 aliphatic carbocycles. The van der Waals surface area contributed by atoms with Gasteiger partial charge in [-0.05, 0) is 19.4 Å². The molecule has 1 rings (SSSR count). The van der Waals surface area contributed by atoms with Gasteiger partial charge in [0.1, 0.15) is 6.23 Å². The highest BCUT2D eigenvalue weighted by Gasteiger charge is 2.27. The number of hydrogen-bond donors (Lipinski definition) is 4. The zero-order chi connectivity index (χ0) is 9.14. The van der Waals surface area contributed by atoms with E-state index in [2.05, 4.69) is 5.32 Å². The first-order valence-electron chi connectivity index (χ1n) is 4.07. The van der Waals surface area contributed by atoms with Crippen molar-refractivity contribution in [2.75, 3.05) is 6.54 Å². The van der Waals surface area contributed by atoms with E-state index in [1.807, 2.05) is 0 Å². The fourth-order valence-electron chi connectivity index (χ4n) is 1.43. The van der Waals surface area contributed by atoms with Gasteiger partial charge in [0.25, 0.3) is 0 Å². The molecule has 1 amide bonds. The Morgan fingerprint density at radius 1 is 1.75 bits per heavy atom. The van der Waals surface area contributed by atoms with Crippen molar-refractivity contribution in [2.24, 2.45) is 17.4 Å². The minimum atomic E-state index is -0.635. The summed E-state index contributed by atoms with van der Waals surface area (Å²) in [6.07, 6.45) is 0.779. The molecule has 0 aromatic rings. The topological polar surface area (TPSA) is 101 Å². The van der Waals surface area contributed by atoms with E-state index in [0.717, 1.165) is 13.0 Å². The molecule has 1 aliphatic heterocycles. The Morgan fingerprint density at radius 3 is 2.83 bits per heavy atom. The fraction of sp³-hybridized carbons (Fsp3) is 0.857. The lowest BCUT2D eigenvalue weighted by Crippen LogP contribution is -2.40. The maximum absolute atomic E-state index is 10.6. The number of carbonyl (C=O) groups excluding carboxylic acids is 1. The van der Waals surface area contributed by atoms with Gasteiger partial charge in [-0.25, -0.2) is 0 Å². The number of carbonyl (C=O) groups is 1. The third-order valence-corrected chi connectivity index (χ3v) is 2.24. The lowest BCUT2D eigenvalue weighted by molar-refractivity contribution is -0.119. The molecule has 5 heteroatoms. The van der Waals surface area contributed by atoms with Crippen LogP contribution in [0.15, 0.2) is 0 Å². The van der Waals surface area contributed by atoms with Crippen LogP contribution >= 0.6 is 0 Å². The van der Waals surface area contributed by atoms with Gasteiger partial charge in [-0.2, -0.15) is 0 Å². The number of rotatable bonds is 3. The van der Waals surface area contributed by atoms with Gasteiger partial charge in [-0.1, -0.05) is 0 Å². The quantitative estimate of drug-likeness (QED) is 0.401. The number of aliphatic hydroxyl groups is 1. The molecule has 1 fully saturated rings. The van der Waals surface area contributed by atoms with Crippen LogP contribution in [0.25, 0.3) is 0 Å². The number of nitrogens with two attached hydrogens (primary N) is 2. The van der Waals surface area contributed by atoms with Crippen LogP contribution in [0.4, 0.5) is 0 Å². The van der Waals surface area contributed by atoms with E-state index in [1.165, 1.54) is 0 Å². The summed E-state index contributed by atoms with van der Waals surface area (Å²) in [5, 5.41) is 12.2. The molecule has 0 radical (unpaired) electrons. The van der Waals surface area contributed by atoms with Crippen LogP contribution in [0.1, 0.15) is 12.8 Å². The monoisotopic (exact) mass is 173 g/mol. The summed E-state index contributed by atoms with van der Waals surface area (Å²) in [4.78, 5) is 10.6. The van der Waals surface area contributed by atoms with Crippen LogP contribution < -0.4 is 16.8 Å². The van der Waals surface area contributed by atoms with E-state index >= 15 is 0 Å². The Morgan fingerprint density at radius 2 is 2.42 bits per heavy atom. The predicted octanol–water partition coefficient (Wildman–Crippen LogP) is -1.88. The van der Waals surface area contributed by atoms with Crippen LogP contribution in [-0.2, 0) is 4.79 Å². The van der Waals surface area contributed by atoms with Gasteiger partial charge in [0.2, 0.25) is 5.91 Å². The smallest absolute Gasteiger partial charge is 0.234 e. The van der Waals surface area contributed by atoms with Crippen molar-refractivity contribution in [1.82, 2.24) is 5.32 Å². The Bertz CT molecular complexity index is 174. The third kappa shape index (κ3) is 2.17. The lowest BCUT2D eigenvalue weighted by Gasteiger charge is -2.16. The van der Waals surface area contributed by atoms with Crippen molar-refractivity contribution in [2.45, 2.75) is 25.1 Å². The number of aliphatic hydroxyl groups excluding tert-OH is 1. The van der Waals surface area contributed by atoms with E-state index < -0.39 is 18.2 Å². The zero-order valence-corrected chi connectivity index (χ0v) is 6.86. The van der Waals surface area contributed by atoms with Gasteiger partial charge in [-0.3, -0.25) is 10.1 Å². The second-order valence-corrected chi connectivity index (χ2v) is 3.19. The molecule has 0 saturated carbocycles. The van der Waals surface area contributed by atoms with Crippen molar-refractivity contribution in [3.05, 3.63) is 0 Å². The van der Waals surface area contributed by atoms with Crippen LogP contribution in [0.2, 0.25) is 0 Å². The van der Waals surface area contributed by atoms with Crippen molar-refractivity contribution in [3.63, 3.8) is 0 Å². The second kappa shape index (κ2) is 3.84. The molecule has 70 valence electrons. The van der Waals surface area contributed by atoms with Crippen molar-refractivity contribution in [1.29, 1.82) is 0 Å². The molecule has 12 heavy (non-hydrogen) atoms. The van der Waals surface area contributed by atoms with Crippen LogP contribution in [0.5, 0.6) is 0 Å². The molecule has 0 aromatic carbocycles. The Hall–Kier alpha value is -0.650. The molecule has 1 aliphatic rings. The van der Waals surface area contributed by atoms with E-state index in [1.54, 1.807) is 0 Å². The van der Waals surface area contributed by atoms with Gasteiger partial charge >= 0.3 is 0 Å². The zero-order valence-electron chi connectivity index (χ0n) is 6.86. The highest BCUT2D eigenvalue weighted by atomic mass is 16.3. The molecule has 6 N–H and O–H groups in total. The maximum atomic E-state index is 10.6. The van der Waals surface area contributed by atoms with Gasteiger partial charge in [0.15, 0.2) is 0 Å². The SMILES string of the molecule is NC(=O)[C@@H](N)C[C@@H]1CCN[C@H]1O. The highest BCUT2D eigenvalue weighted by molar-refractivity contribution is 5.79. The van der Waals surface area contributed by atoms with E-state index in [9.17, 15) is 9.90 Å². The molecule has 0 spiro atoms. The van der Waals surface area contributed by atoms with Gasteiger partial charge in [-0.15, -0.1) is 0 Å². The number of hydrogen-bond acceptors (Lipinski definition) is 4. The molecule has 0 bridgehead atoms. The summed E-state index contributed by atoms with van der Waals surface area (Å²) < 4.78 is 0. The minimum absolute atomic E-state index is 0.0625. The number of amides is 1. The van der Waals surface area contributed by atoms with Crippen LogP contribution in [0.3, 0.4) is 0 Å². The first-order chi connectivity index (χ1) is 5.61. The molecular weight excluding hydrogens is 158 g/mol.